The summed E-state index contributed by atoms with van der Waals surface area (Å²) in [5.74, 6) is -0.433. The fraction of sp³-hybridized carbons (Fsp3) is 0.500. The molecule has 0 aliphatic carbocycles. The minimum absolute atomic E-state index is 0. The van der Waals surface area contributed by atoms with Crippen LogP contribution in [-0.4, -0.2) is 42.4 Å². The zero-order chi connectivity index (χ0) is 15.2. The number of nitrogens with zero attached hydrogens (tertiary/aromatic N) is 1. The Labute approximate surface area is 137 Å². The van der Waals surface area contributed by atoms with Crippen LogP contribution in [0.4, 0.5) is 0 Å². The monoisotopic (exact) mass is 325 g/mol. The van der Waals surface area contributed by atoms with Crippen LogP contribution in [0.5, 0.6) is 0 Å². The number of hydrogen-bond acceptors (Lipinski definition) is 3. The summed E-state index contributed by atoms with van der Waals surface area (Å²) in [6.07, 6.45) is 2.92. The number of amides is 2. The molecule has 0 aromatic heterocycles. The summed E-state index contributed by atoms with van der Waals surface area (Å²) in [4.78, 5) is 25.8. The molecule has 1 aromatic carbocycles. The number of piperidine rings is 1. The molecular weight excluding hydrogens is 302 g/mol. The Balaban J connectivity index is 0.00000242. The molecular formula is C16H24ClN3O2. The average Bonchev–Trinajstić information content (AvgIpc) is 2.53. The predicted molar refractivity (Wildman–Crippen MR) is 89.4 cm³/mol. The van der Waals surface area contributed by atoms with Crippen molar-refractivity contribution >= 4 is 24.2 Å². The van der Waals surface area contributed by atoms with E-state index in [0.717, 1.165) is 38.9 Å². The highest BCUT2D eigenvalue weighted by molar-refractivity contribution is 5.97. The summed E-state index contributed by atoms with van der Waals surface area (Å²) in [6.45, 7) is 4.76. The van der Waals surface area contributed by atoms with E-state index >= 15 is 0 Å². The third kappa shape index (κ3) is 4.45. The zero-order valence-electron chi connectivity index (χ0n) is 12.9. The van der Waals surface area contributed by atoms with Crippen LogP contribution < -0.4 is 11.1 Å². The molecule has 0 bridgehead atoms. The molecule has 3 N–H and O–H groups in total. The fourth-order valence-corrected chi connectivity index (χ4v) is 2.75. The second-order valence-corrected chi connectivity index (χ2v) is 5.42. The lowest BCUT2D eigenvalue weighted by molar-refractivity contribution is 0.0642. The number of hydrogen-bond donors (Lipinski definition) is 2. The SMILES string of the molecule is CCCN(C(=O)c1ccc(C(N)=O)cc1)C1CCNCC1.Cl. The first-order chi connectivity index (χ1) is 10.1. The number of halogens is 1. The van der Waals surface area contributed by atoms with E-state index in [2.05, 4.69) is 12.2 Å². The molecule has 1 fully saturated rings. The summed E-state index contributed by atoms with van der Waals surface area (Å²) in [7, 11) is 0. The lowest BCUT2D eigenvalue weighted by atomic mass is 10.0. The van der Waals surface area contributed by atoms with Crippen LogP contribution in [0.2, 0.25) is 0 Å². The summed E-state index contributed by atoms with van der Waals surface area (Å²) in [6, 6.07) is 6.90. The standard InChI is InChI=1S/C16H23N3O2.ClH/c1-2-11-19(14-7-9-18-10-8-14)16(21)13-5-3-12(4-6-13)15(17)20;/h3-6,14,18H,2,7-11H2,1H3,(H2,17,20);1H. The number of carbonyl (C=O) groups is 2. The highest BCUT2D eigenvalue weighted by Gasteiger charge is 2.25. The van der Waals surface area contributed by atoms with Gasteiger partial charge in [-0.05, 0) is 56.6 Å². The molecule has 22 heavy (non-hydrogen) atoms. The number of primary amides is 1. The largest absolute Gasteiger partial charge is 0.366 e. The van der Waals surface area contributed by atoms with E-state index in [1.165, 1.54) is 0 Å². The topological polar surface area (TPSA) is 75.4 Å². The van der Waals surface area contributed by atoms with Gasteiger partial charge >= 0.3 is 0 Å². The van der Waals surface area contributed by atoms with E-state index < -0.39 is 5.91 Å². The zero-order valence-corrected chi connectivity index (χ0v) is 13.7. The summed E-state index contributed by atoms with van der Waals surface area (Å²) in [5, 5.41) is 3.32. The van der Waals surface area contributed by atoms with Gasteiger partial charge in [0.1, 0.15) is 0 Å². The maximum Gasteiger partial charge on any atom is 0.254 e. The molecule has 0 atom stereocenters. The van der Waals surface area contributed by atoms with Gasteiger partial charge in [0.15, 0.2) is 0 Å². The first-order valence-electron chi connectivity index (χ1n) is 7.55. The molecule has 6 heteroatoms. The van der Waals surface area contributed by atoms with Crippen molar-refractivity contribution in [3.63, 3.8) is 0 Å². The van der Waals surface area contributed by atoms with Gasteiger partial charge in [-0.15, -0.1) is 12.4 Å². The van der Waals surface area contributed by atoms with Gasteiger partial charge in [-0.2, -0.15) is 0 Å². The molecule has 1 heterocycles. The maximum atomic E-state index is 12.7. The van der Waals surface area contributed by atoms with Crippen LogP contribution in [0.25, 0.3) is 0 Å². The molecule has 0 spiro atoms. The molecule has 1 saturated heterocycles. The Morgan fingerprint density at radius 2 is 1.73 bits per heavy atom. The number of nitrogens with one attached hydrogen (secondary N) is 1. The van der Waals surface area contributed by atoms with E-state index in [1.54, 1.807) is 24.3 Å². The van der Waals surface area contributed by atoms with Gasteiger partial charge in [-0.3, -0.25) is 9.59 Å². The summed E-state index contributed by atoms with van der Waals surface area (Å²) >= 11 is 0. The van der Waals surface area contributed by atoms with E-state index in [-0.39, 0.29) is 18.3 Å². The van der Waals surface area contributed by atoms with Crippen LogP contribution in [0.15, 0.2) is 24.3 Å². The number of benzene rings is 1. The molecule has 0 radical (unpaired) electrons. The molecule has 5 nitrogen and oxygen atoms in total. The maximum absolute atomic E-state index is 12.7. The molecule has 2 amide bonds. The number of rotatable bonds is 5. The highest BCUT2D eigenvalue weighted by Crippen LogP contribution is 2.16. The predicted octanol–water partition coefficient (Wildman–Crippen LogP) is 1.81. The molecule has 1 aliphatic heterocycles. The molecule has 0 unspecified atom stereocenters. The van der Waals surface area contributed by atoms with Crippen molar-refractivity contribution in [3.8, 4) is 0 Å². The smallest absolute Gasteiger partial charge is 0.254 e. The van der Waals surface area contributed by atoms with Crippen molar-refractivity contribution in [1.82, 2.24) is 10.2 Å². The van der Waals surface area contributed by atoms with Gasteiger partial charge in [-0.1, -0.05) is 6.92 Å². The van der Waals surface area contributed by atoms with Crippen LogP contribution in [0.3, 0.4) is 0 Å². The minimum Gasteiger partial charge on any atom is -0.366 e. The number of nitrogens with two attached hydrogens (primary N) is 1. The Hall–Kier alpha value is -1.59. The Bertz CT molecular complexity index is 499. The van der Waals surface area contributed by atoms with Crippen molar-refractivity contribution in [2.75, 3.05) is 19.6 Å². The summed E-state index contributed by atoms with van der Waals surface area (Å²) in [5.41, 5.74) is 6.27. The van der Waals surface area contributed by atoms with E-state index in [0.29, 0.717) is 17.2 Å². The average molecular weight is 326 g/mol. The van der Waals surface area contributed by atoms with E-state index in [1.807, 2.05) is 4.90 Å². The Morgan fingerprint density at radius 1 is 1.18 bits per heavy atom. The van der Waals surface area contributed by atoms with E-state index in [4.69, 9.17) is 5.73 Å². The first-order valence-corrected chi connectivity index (χ1v) is 7.55. The van der Waals surface area contributed by atoms with Crippen molar-refractivity contribution in [2.45, 2.75) is 32.2 Å². The Kier molecular flexibility index (Phi) is 7.35. The quantitative estimate of drug-likeness (QED) is 0.867. The van der Waals surface area contributed by atoms with Crippen LogP contribution in [0, 0.1) is 0 Å². The van der Waals surface area contributed by atoms with Crippen molar-refractivity contribution in [1.29, 1.82) is 0 Å². The van der Waals surface area contributed by atoms with Crippen LogP contribution >= 0.6 is 12.4 Å². The minimum atomic E-state index is -0.474. The van der Waals surface area contributed by atoms with Crippen molar-refractivity contribution in [3.05, 3.63) is 35.4 Å². The number of carbonyl (C=O) groups excluding carboxylic acids is 2. The molecule has 122 valence electrons. The fourth-order valence-electron chi connectivity index (χ4n) is 2.75. The third-order valence-corrected chi connectivity index (χ3v) is 3.89. The van der Waals surface area contributed by atoms with Gasteiger partial charge in [-0.25, -0.2) is 0 Å². The molecule has 2 rings (SSSR count). The van der Waals surface area contributed by atoms with Crippen molar-refractivity contribution < 1.29 is 9.59 Å². The summed E-state index contributed by atoms with van der Waals surface area (Å²) < 4.78 is 0. The normalized spacial score (nSPS) is 15.0. The molecule has 1 aromatic rings. The van der Waals surface area contributed by atoms with Gasteiger partial charge in [0.05, 0.1) is 0 Å². The van der Waals surface area contributed by atoms with Gasteiger partial charge in [0.2, 0.25) is 5.91 Å². The van der Waals surface area contributed by atoms with Crippen LogP contribution in [0.1, 0.15) is 46.9 Å². The third-order valence-electron chi connectivity index (χ3n) is 3.89. The van der Waals surface area contributed by atoms with Crippen molar-refractivity contribution in [2.24, 2.45) is 5.73 Å². The van der Waals surface area contributed by atoms with Gasteiger partial charge < -0.3 is 16.0 Å². The lowest BCUT2D eigenvalue weighted by Crippen LogP contribution is -2.46. The van der Waals surface area contributed by atoms with Gasteiger partial charge in [0, 0.05) is 23.7 Å². The Morgan fingerprint density at radius 3 is 2.23 bits per heavy atom. The van der Waals surface area contributed by atoms with E-state index in [9.17, 15) is 9.59 Å². The van der Waals surface area contributed by atoms with Gasteiger partial charge in [0.25, 0.3) is 5.91 Å². The molecule has 0 saturated carbocycles. The highest BCUT2D eigenvalue weighted by atomic mass is 35.5. The second kappa shape index (κ2) is 8.76. The first kappa shape index (κ1) is 18.5. The van der Waals surface area contributed by atoms with Crippen LogP contribution in [-0.2, 0) is 0 Å². The lowest BCUT2D eigenvalue weighted by Gasteiger charge is -2.34. The molecule has 1 aliphatic rings. The second-order valence-electron chi connectivity index (χ2n) is 5.42.